The molecule has 2 aromatic rings. The van der Waals surface area contributed by atoms with Crippen LogP contribution in [0.3, 0.4) is 0 Å². The molecule has 0 bridgehead atoms. The highest BCUT2D eigenvalue weighted by Crippen LogP contribution is 2.30. The van der Waals surface area contributed by atoms with Gasteiger partial charge in [0.05, 0.1) is 12.2 Å². The fourth-order valence-electron chi connectivity index (χ4n) is 1.85. The molecule has 0 fully saturated rings. The van der Waals surface area contributed by atoms with Crippen molar-refractivity contribution < 1.29 is 27.5 Å². The third-order valence-corrected chi connectivity index (χ3v) is 2.79. The molecule has 0 aliphatic rings. The van der Waals surface area contributed by atoms with Gasteiger partial charge in [0.25, 0.3) is 0 Å². The quantitative estimate of drug-likeness (QED) is 0.401. The number of carbonyl (C=O) groups is 1. The molecule has 0 aliphatic heterocycles. The number of aromatic nitrogens is 2. The zero-order chi connectivity index (χ0) is 17.2. The number of hydrogen-bond acceptors (Lipinski definition) is 3. The summed E-state index contributed by atoms with van der Waals surface area (Å²) in [5.41, 5.74) is 6.00. The van der Waals surface area contributed by atoms with E-state index in [-0.39, 0.29) is 17.8 Å². The first-order valence-corrected chi connectivity index (χ1v) is 5.94. The SMILES string of the molecule is [N-]=[N+]=NCc1cc(F)ccc1-n1nc(C(F)(F)F)cc1C(=O)O. The van der Waals surface area contributed by atoms with Crippen molar-refractivity contribution in [3.05, 3.63) is 57.5 Å². The van der Waals surface area contributed by atoms with Crippen molar-refractivity contribution in [2.75, 3.05) is 0 Å². The third kappa shape index (κ3) is 3.40. The van der Waals surface area contributed by atoms with Gasteiger partial charge in [-0.05, 0) is 29.3 Å². The minimum atomic E-state index is -4.85. The molecule has 0 saturated heterocycles. The van der Waals surface area contributed by atoms with Crippen LogP contribution in [-0.2, 0) is 12.7 Å². The fraction of sp³-hybridized carbons (Fsp3) is 0.167. The smallest absolute Gasteiger partial charge is 0.435 e. The van der Waals surface area contributed by atoms with Crippen LogP contribution in [0.2, 0.25) is 0 Å². The Morgan fingerprint density at radius 3 is 2.65 bits per heavy atom. The highest BCUT2D eigenvalue weighted by molar-refractivity contribution is 5.86. The van der Waals surface area contributed by atoms with Gasteiger partial charge in [-0.25, -0.2) is 13.9 Å². The number of alkyl halides is 3. The number of nitrogens with zero attached hydrogens (tertiary/aromatic N) is 5. The van der Waals surface area contributed by atoms with Gasteiger partial charge in [0.1, 0.15) is 5.82 Å². The number of carboxylic acid groups (broad SMARTS) is 1. The minimum absolute atomic E-state index is 0.0119. The van der Waals surface area contributed by atoms with Crippen LogP contribution in [0.15, 0.2) is 29.4 Å². The van der Waals surface area contributed by atoms with E-state index in [2.05, 4.69) is 15.1 Å². The number of aromatic carboxylic acids is 1. The van der Waals surface area contributed by atoms with E-state index < -0.39 is 29.4 Å². The van der Waals surface area contributed by atoms with Crippen LogP contribution in [0.4, 0.5) is 17.6 Å². The monoisotopic (exact) mass is 329 g/mol. The first kappa shape index (κ1) is 16.3. The highest BCUT2D eigenvalue weighted by Gasteiger charge is 2.36. The molecular formula is C12H7F4N5O2. The van der Waals surface area contributed by atoms with Crippen molar-refractivity contribution >= 4 is 5.97 Å². The molecule has 0 aliphatic carbocycles. The maximum Gasteiger partial charge on any atom is 0.435 e. The van der Waals surface area contributed by atoms with Crippen LogP contribution >= 0.6 is 0 Å². The summed E-state index contributed by atoms with van der Waals surface area (Å²) in [6.45, 7) is -0.385. The van der Waals surface area contributed by atoms with Gasteiger partial charge in [-0.2, -0.15) is 18.3 Å². The van der Waals surface area contributed by atoms with Gasteiger partial charge in [-0.3, -0.25) is 0 Å². The molecule has 1 aromatic carbocycles. The van der Waals surface area contributed by atoms with Crippen molar-refractivity contribution in [3.63, 3.8) is 0 Å². The summed E-state index contributed by atoms with van der Waals surface area (Å²) in [6, 6.07) is 3.26. The lowest BCUT2D eigenvalue weighted by Gasteiger charge is -2.10. The number of carboxylic acids is 1. The van der Waals surface area contributed by atoms with Crippen molar-refractivity contribution in [2.45, 2.75) is 12.7 Å². The zero-order valence-corrected chi connectivity index (χ0v) is 11.1. The maximum absolute atomic E-state index is 13.3. The maximum atomic E-state index is 13.3. The largest absolute Gasteiger partial charge is 0.477 e. The molecule has 0 atom stereocenters. The Labute approximate surface area is 125 Å². The average Bonchev–Trinajstić information content (AvgIpc) is 2.90. The Morgan fingerprint density at radius 2 is 2.09 bits per heavy atom. The lowest BCUT2D eigenvalue weighted by molar-refractivity contribution is -0.141. The standard InChI is InChI=1S/C12H7F4N5O2/c13-7-1-2-8(6(3-7)5-18-20-17)21-9(11(22)23)4-10(19-21)12(14,15)16/h1-4H,5H2,(H,22,23). The van der Waals surface area contributed by atoms with E-state index in [1.165, 1.54) is 0 Å². The van der Waals surface area contributed by atoms with E-state index in [0.717, 1.165) is 18.2 Å². The summed E-state index contributed by atoms with van der Waals surface area (Å²) in [5.74, 6) is -2.37. The van der Waals surface area contributed by atoms with Crippen LogP contribution in [0.1, 0.15) is 21.7 Å². The second kappa shape index (κ2) is 5.97. The number of rotatable bonds is 4. The van der Waals surface area contributed by atoms with Crippen LogP contribution in [-0.4, -0.2) is 20.9 Å². The summed E-state index contributed by atoms with van der Waals surface area (Å²) in [5, 5.41) is 15.5. The summed E-state index contributed by atoms with van der Waals surface area (Å²) in [4.78, 5) is 13.6. The second-order valence-electron chi connectivity index (χ2n) is 4.29. The van der Waals surface area contributed by atoms with E-state index in [0.29, 0.717) is 10.7 Å². The zero-order valence-electron chi connectivity index (χ0n) is 11.1. The normalized spacial score (nSPS) is 11.1. The van der Waals surface area contributed by atoms with Gasteiger partial charge in [0.2, 0.25) is 0 Å². The predicted molar refractivity (Wildman–Crippen MR) is 68.3 cm³/mol. The molecule has 7 nitrogen and oxygen atoms in total. The Morgan fingerprint density at radius 1 is 1.39 bits per heavy atom. The lowest BCUT2D eigenvalue weighted by atomic mass is 10.1. The minimum Gasteiger partial charge on any atom is -0.477 e. The molecule has 1 heterocycles. The Kier molecular flexibility index (Phi) is 4.23. The van der Waals surface area contributed by atoms with Crippen molar-refractivity contribution in [2.24, 2.45) is 5.11 Å². The first-order chi connectivity index (χ1) is 10.7. The average molecular weight is 329 g/mol. The molecule has 2 rings (SSSR count). The van der Waals surface area contributed by atoms with E-state index in [9.17, 15) is 22.4 Å². The van der Waals surface area contributed by atoms with Crippen LogP contribution in [0.25, 0.3) is 16.1 Å². The number of hydrogen-bond donors (Lipinski definition) is 1. The van der Waals surface area contributed by atoms with E-state index in [1.54, 1.807) is 0 Å². The second-order valence-corrected chi connectivity index (χ2v) is 4.29. The summed E-state index contributed by atoms with van der Waals surface area (Å²) in [7, 11) is 0. The van der Waals surface area contributed by atoms with Crippen molar-refractivity contribution in [3.8, 4) is 5.69 Å². The number of halogens is 4. The van der Waals surface area contributed by atoms with Crippen LogP contribution in [0.5, 0.6) is 0 Å². The summed E-state index contributed by atoms with van der Waals surface area (Å²) in [6.07, 6.45) is -4.85. The van der Waals surface area contributed by atoms with Crippen LogP contribution in [0, 0.1) is 5.82 Å². The first-order valence-electron chi connectivity index (χ1n) is 5.94. The number of benzene rings is 1. The Hall–Kier alpha value is -3.07. The van der Waals surface area contributed by atoms with Gasteiger partial charge >= 0.3 is 12.1 Å². The topological polar surface area (TPSA) is 104 Å². The molecule has 0 radical (unpaired) electrons. The molecule has 0 amide bonds. The van der Waals surface area contributed by atoms with Gasteiger partial charge in [-0.15, -0.1) is 0 Å². The fourth-order valence-corrected chi connectivity index (χ4v) is 1.85. The van der Waals surface area contributed by atoms with E-state index in [4.69, 9.17) is 10.6 Å². The van der Waals surface area contributed by atoms with Crippen LogP contribution < -0.4 is 0 Å². The molecule has 0 spiro atoms. The summed E-state index contributed by atoms with van der Waals surface area (Å²) < 4.78 is 52.0. The molecular weight excluding hydrogens is 322 g/mol. The third-order valence-electron chi connectivity index (χ3n) is 2.79. The lowest BCUT2D eigenvalue weighted by Crippen LogP contribution is -2.11. The molecule has 11 heteroatoms. The molecule has 1 aromatic heterocycles. The van der Waals surface area contributed by atoms with Gasteiger partial charge < -0.3 is 5.11 Å². The van der Waals surface area contributed by atoms with Gasteiger partial charge in [0.15, 0.2) is 11.4 Å². The molecule has 0 saturated carbocycles. The number of azide groups is 1. The molecule has 23 heavy (non-hydrogen) atoms. The summed E-state index contributed by atoms with van der Waals surface area (Å²) >= 11 is 0. The van der Waals surface area contributed by atoms with Crippen molar-refractivity contribution in [1.82, 2.24) is 9.78 Å². The van der Waals surface area contributed by atoms with Gasteiger partial charge in [-0.1, -0.05) is 5.11 Å². The van der Waals surface area contributed by atoms with E-state index >= 15 is 0 Å². The Bertz CT molecular complexity index is 808. The molecule has 120 valence electrons. The Balaban J connectivity index is 2.68. The van der Waals surface area contributed by atoms with Crippen molar-refractivity contribution in [1.29, 1.82) is 0 Å². The molecule has 1 N–H and O–H groups in total. The van der Waals surface area contributed by atoms with E-state index in [1.807, 2.05) is 0 Å². The molecule has 0 unspecified atom stereocenters. The highest BCUT2D eigenvalue weighted by atomic mass is 19.4. The van der Waals surface area contributed by atoms with Gasteiger partial charge in [0, 0.05) is 11.0 Å². The predicted octanol–water partition coefficient (Wildman–Crippen LogP) is 3.54.